The maximum atomic E-state index is 5.63. The van der Waals surface area contributed by atoms with E-state index in [0.29, 0.717) is 13.2 Å². The molecule has 1 unspecified atom stereocenters. The van der Waals surface area contributed by atoms with Gasteiger partial charge in [0.15, 0.2) is 0 Å². The van der Waals surface area contributed by atoms with Crippen LogP contribution in [0.15, 0.2) is 42.0 Å². The van der Waals surface area contributed by atoms with Crippen LogP contribution in [0.4, 0.5) is 0 Å². The van der Waals surface area contributed by atoms with E-state index in [9.17, 15) is 0 Å². The molecule has 1 aromatic carbocycles. The van der Waals surface area contributed by atoms with E-state index in [4.69, 9.17) is 9.47 Å². The lowest BCUT2D eigenvalue weighted by atomic mass is 10.1. The molecule has 14 heavy (non-hydrogen) atoms. The van der Waals surface area contributed by atoms with E-state index in [1.54, 1.807) is 7.11 Å². The van der Waals surface area contributed by atoms with E-state index in [1.165, 1.54) is 11.1 Å². The summed E-state index contributed by atoms with van der Waals surface area (Å²) in [5.74, 6) is 0. The second kappa shape index (κ2) is 4.40. The molecule has 0 radical (unpaired) electrons. The molecule has 2 rings (SSSR count). The van der Waals surface area contributed by atoms with Gasteiger partial charge in [-0.15, -0.1) is 0 Å². The van der Waals surface area contributed by atoms with E-state index < -0.39 is 0 Å². The molecule has 2 heteroatoms. The Labute approximate surface area is 84.2 Å². The summed E-state index contributed by atoms with van der Waals surface area (Å²) in [4.78, 5) is 0. The Balaban J connectivity index is 2.08. The molecular formula is C12H14O2. The molecule has 0 aliphatic carbocycles. The van der Waals surface area contributed by atoms with Crippen molar-refractivity contribution in [2.75, 3.05) is 20.3 Å². The third kappa shape index (κ3) is 2.03. The summed E-state index contributed by atoms with van der Waals surface area (Å²) in [5, 5.41) is 0. The van der Waals surface area contributed by atoms with E-state index in [2.05, 4.69) is 18.2 Å². The number of benzene rings is 1. The van der Waals surface area contributed by atoms with Crippen LogP contribution in [0.5, 0.6) is 0 Å². The monoisotopic (exact) mass is 190 g/mol. The summed E-state index contributed by atoms with van der Waals surface area (Å²) in [5.41, 5.74) is 2.43. The van der Waals surface area contributed by atoms with Gasteiger partial charge in [-0.3, -0.25) is 0 Å². The van der Waals surface area contributed by atoms with Crippen LogP contribution in [0.3, 0.4) is 0 Å². The summed E-state index contributed by atoms with van der Waals surface area (Å²) < 4.78 is 10.7. The molecular weight excluding hydrogens is 176 g/mol. The molecule has 74 valence electrons. The van der Waals surface area contributed by atoms with Crippen molar-refractivity contribution in [1.82, 2.24) is 0 Å². The fraction of sp³-hybridized carbons (Fsp3) is 0.333. The summed E-state index contributed by atoms with van der Waals surface area (Å²) >= 11 is 0. The molecule has 0 spiro atoms. The largest absolute Gasteiger partial charge is 0.380 e. The lowest BCUT2D eigenvalue weighted by Gasteiger charge is -2.06. The summed E-state index contributed by atoms with van der Waals surface area (Å²) in [6.45, 7) is 1.36. The summed E-state index contributed by atoms with van der Waals surface area (Å²) in [6.07, 6.45) is 2.25. The average molecular weight is 190 g/mol. The topological polar surface area (TPSA) is 18.5 Å². The minimum absolute atomic E-state index is 0.112. The Hall–Kier alpha value is -1.12. The van der Waals surface area contributed by atoms with Crippen LogP contribution in [0.1, 0.15) is 11.7 Å². The highest BCUT2D eigenvalue weighted by Gasteiger charge is 2.17. The molecule has 1 atom stereocenters. The first-order valence-corrected chi connectivity index (χ1v) is 4.75. The van der Waals surface area contributed by atoms with E-state index >= 15 is 0 Å². The number of methoxy groups -OCH3 is 1. The zero-order valence-corrected chi connectivity index (χ0v) is 8.27. The molecule has 1 aromatic rings. The van der Waals surface area contributed by atoms with Crippen LogP contribution in [-0.2, 0) is 9.47 Å². The number of ether oxygens (including phenoxy) is 2. The van der Waals surface area contributed by atoms with Crippen molar-refractivity contribution in [2.45, 2.75) is 6.10 Å². The first-order chi connectivity index (χ1) is 6.90. The van der Waals surface area contributed by atoms with Crippen molar-refractivity contribution >= 4 is 0 Å². The van der Waals surface area contributed by atoms with Crippen molar-refractivity contribution in [2.24, 2.45) is 0 Å². The van der Waals surface area contributed by atoms with Gasteiger partial charge in [0.25, 0.3) is 0 Å². The number of hydrogen-bond donors (Lipinski definition) is 0. The Morgan fingerprint density at radius 3 is 2.86 bits per heavy atom. The Morgan fingerprint density at radius 1 is 1.36 bits per heavy atom. The van der Waals surface area contributed by atoms with Gasteiger partial charge >= 0.3 is 0 Å². The van der Waals surface area contributed by atoms with E-state index in [0.717, 1.165) is 0 Å². The van der Waals surface area contributed by atoms with E-state index in [-0.39, 0.29) is 6.10 Å². The molecule has 1 aliphatic rings. The Bertz CT molecular complexity index is 316. The number of hydrogen-bond acceptors (Lipinski definition) is 2. The molecule has 0 saturated heterocycles. The smallest absolute Gasteiger partial charge is 0.101 e. The minimum Gasteiger partial charge on any atom is -0.380 e. The quantitative estimate of drug-likeness (QED) is 0.681. The van der Waals surface area contributed by atoms with Crippen molar-refractivity contribution in [3.63, 3.8) is 0 Å². The molecule has 2 nitrogen and oxygen atoms in total. The molecule has 0 N–H and O–H groups in total. The van der Waals surface area contributed by atoms with Crippen LogP contribution in [0.25, 0.3) is 0 Å². The molecule has 0 saturated carbocycles. The highest BCUT2D eigenvalue weighted by Crippen LogP contribution is 2.26. The average Bonchev–Trinajstić information content (AvgIpc) is 2.68. The number of rotatable bonds is 3. The lowest BCUT2D eigenvalue weighted by Crippen LogP contribution is -1.97. The van der Waals surface area contributed by atoms with Gasteiger partial charge in [0, 0.05) is 7.11 Å². The first-order valence-electron chi connectivity index (χ1n) is 4.75. The van der Waals surface area contributed by atoms with Gasteiger partial charge < -0.3 is 9.47 Å². The Kier molecular flexibility index (Phi) is 2.96. The minimum atomic E-state index is 0.112. The van der Waals surface area contributed by atoms with Crippen molar-refractivity contribution < 1.29 is 9.47 Å². The zero-order chi connectivity index (χ0) is 9.80. The van der Waals surface area contributed by atoms with Gasteiger partial charge in [0.1, 0.15) is 6.10 Å². The van der Waals surface area contributed by atoms with Crippen LogP contribution >= 0.6 is 0 Å². The lowest BCUT2D eigenvalue weighted by molar-refractivity contribution is 0.119. The summed E-state index contributed by atoms with van der Waals surface area (Å²) in [6, 6.07) is 10.2. The standard InChI is InChI=1S/C12H14O2/c1-13-8-10-7-12(14-9-10)11-5-3-2-4-6-11/h2-7,12H,8-9H2,1H3. The van der Waals surface area contributed by atoms with Gasteiger partial charge in [0.05, 0.1) is 13.2 Å². The van der Waals surface area contributed by atoms with Gasteiger partial charge in [-0.25, -0.2) is 0 Å². The molecule has 0 aromatic heterocycles. The van der Waals surface area contributed by atoms with Crippen molar-refractivity contribution in [3.05, 3.63) is 47.5 Å². The predicted octanol–water partition coefficient (Wildman–Crippen LogP) is 2.33. The van der Waals surface area contributed by atoms with E-state index in [1.807, 2.05) is 18.2 Å². The molecule has 1 heterocycles. The fourth-order valence-electron chi connectivity index (χ4n) is 1.62. The maximum Gasteiger partial charge on any atom is 0.101 e. The van der Waals surface area contributed by atoms with Gasteiger partial charge in [-0.2, -0.15) is 0 Å². The fourth-order valence-corrected chi connectivity index (χ4v) is 1.62. The second-order valence-electron chi connectivity index (χ2n) is 3.40. The molecule has 0 fully saturated rings. The maximum absolute atomic E-state index is 5.63. The van der Waals surface area contributed by atoms with Crippen molar-refractivity contribution in [1.29, 1.82) is 0 Å². The van der Waals surface area contributed by atoms with Gasteiger partial charge in [-0.1, -0.05) is 30.3 Å². The van der Waals surface area contributed by atoms with Crippen LogP contribution in [0, 0.1) is 0 Å². The first kappa shape index (κ1) is 9.44. The van der Waals surface area contributed by atoms with Crippen molar-refractivity contribution in [3.8, 4) is 0 Å². The second-order valence-corrected chi connectivity index (χ2v) is 3.40. The third-order valence-corrected chi connectivity index (χ3v) is 2.29. The normalized spacial score (nSPS) is 20.9. The SMILES string of the molecule is COCC1=CC(c2ccccc2)OC1. The predicted molar refractivity (Wildman–Crippen MR) is 55.1 cm³/mol. The van der Waals surface area contributed by atoms with Crippen LogP contribution < -0.4 is 0 Å². The van der Waals surface area contributed by atoms with Crippen LogP contribution in [0.2, 0.25) is 0 Å². The third-order valence-electron chi connectivity index (χ3n) is 2.29. The molecule has 1 aliphatic heterocycles. The van der Waals surface area contributed by atoms with Gasteiger partial charge in [0.2, 0.25) is 0 Å². The molecule has 0 bridgehead atoms. The molecule has 0 amide bonds. The Morgan fingerprint density at radius 2 is 2.14 bits per heavy atom. The zero-order valence-electron chi connectivity index (χ0n) is 8.27. The highest BCUT2D eigenvalue weighted by molar-refractivity contribution is 5.26. The van der Waals surface area contributed by atoms with Crippen LogP contribution in [-0.4, -0.2) is 20.3 Å². The highest BCUT2D eigenvalue weighted by atomic mass is 16.5. The summed E-state index contributed by atoms with van der Waals surface area (Å²) in [7, 11) is 1.71. The van der Waals surface area contributed by atoms with Gasteiger partial charge in [-0.05, 0) is 17.2 Å².